The zero-order valence-corrected chi connectivity index (χ0v) is 36.4. The smallest absolute Gasteiger partial charge is 0.293 e. The first-order valence-corrected chi connectivity index (χ1v) is 23.8. The van der Waals surface area contributed by atoms with Gasteiger partial charge in [0.15, 0.2) is 0 Å². The van der Waals surface area contributed by atoms with E-state index in [1.807, 2.05) is 35.2 Å². The van der Waals surface area contributed by atoms with Gasteiger partial charge in [0, 0.05) is 73.8 Å². The number of ether oxygens (including phenoxy) is 2. The molecule has 0 bridgehead atoms. The van der Waals surface area contributed by atoms with E-state index in [1.165, 1.54) is 24.1 Å². The van der Waals surface area contributed by atoms with E-state index in [-0.39, 0.29) is 29.2 Å². The van der Waals surface area contributed by atoms with Crippen molar-refractivity contribution in [3.8, 4) is 18.2 Å². The Morgan fingerprint density at radius 1 is 0.969 bits per heavy atom. The van der Waals surface area contributed by atoms with Gasteiger partial charge in [0.1, 0.15) is 23.6 Å². The van der Waals surface area contributed by atoms with Gasteiger partial charge < -0.3 is 29.6 Å². The molecule has 1 amide bonds. The number of nitrogens with zero attached hydrogens (tertiary/aromatic N) is 5. The van der Waals surface area contributed by atoms with E-state index >= 15 is 0 Å². The summed E-state index contributed by atoms with van der Waals surface area (Å²) >= 11 is 0. The number of H-pyrrole nitrogens is 1. The van der Waals surface area contributed by atoms with Crippen LogP contribution in [0.5, 0.6) is 5.88 Å². The Labute approximate surface area is 372 Å². The van der Waals surface area contributed by atoms with E-state index in [1.54, 1.807) is 12.3 Å². The summed E-state index contributed by atoms with van der Waals surface area (Å²) in [5, 5.41) is 16.2. The van der Waals surface area contributed by atoms with Crippen LogP contribution in [-0.2, 0) is 14.8 Å². The minimum atomic E-state index is -4.55. The van der Waals surface area contributed by atoms with Crippen molar-refractivity contribution in [2.75, 3.05) is 67.7 Å². The van der Waals surface area contributed by atoms with Gasteiger partial charge >= 0.3 is 0 Å². The fourth-order valence-corrected chi connectivity index (χ4v) is 11.7. The van der Waals surface area contributed by atoms with Gasteiger partial charge in [0.05, 0.1) is 27.6 Å². The van der Waals surface area contributed by atoms with Crippen LogP contribution in [-0.4, -0.2) is 92.7 Å². The van der Waals surface area contributed by atoms with E-state index in [2.05, 4.69) is 48.9 Å². The van der Waals surface area contributed by atoms with Gasteiger partial charge in [-0.25, -0.2) is 13.1 Å². The minimum absolute atomic E-state index is 0.125. The largest absolute Gasteiger partial charge is 0.474 e. The molecule has 1 atom stereocenters. The van der Waals surface area contributed by atoms with Crippen molar-refractivity contribution in [3.05, 3.63) is 106 Å². The zero-order chi connectivity index (χ0) is 44.0. The van der Waals surface area contributed by atoms with E-state index in [9.17, 15) is 23.3 Å². The normalized spacial score (nSPS) is 20.3. The molecule has 64 heavy (non-hydrogen) atoms. The van der Waals surface area contributed by atoms with Gasteiger partial charge in [-0.15, -0.1) is 6.42 Å². The highest BCUT2D eigenvalue weighted by molar-refractivity contribution is 7.90. The number of likely N-dealkylation sites (tertiary alicyclic amines) is 1. The molecular formula is C48H52N8O7S. The molecule has 15 nitrogen and oxygen atoms in total. The lowest BCUT2D eigenvalue weighted by molar-refractivity contribution is -0.384. The predicted octanol–water partition coefficient (Wildman–Crippen LogP) is 7.53. The highest BCUT2D eigenvalue weighted by atomic mass is 32.2. The molecule has 0 unspecified atom stereocenters. The van der Waals surface area contributed by atoms with Crippen LogP contribution in [0.1, 0.15) is 78.9 Å². The molecule has 1 saturated carbocycles. The number of aromatic nitrogens is 2. The average molecular weight is 885 g/mol. The van der Waals surface area contributed by atoms with Crippen LogP contribution in [0.4, 0.5) is 28.4 Å². The Morgan fingerprint density at radius 2 is 1.78 bits per heavy atom. The highest BCUT2D eigenvalue weighted by Crippen LogP contribution is 2.54. The number of hydrogen-bond acceptors (Lipinski definition) is 12. The van der Waals surface area contributed by atoms with Crippen LogP contribution in [0.2, 0.25) is 0 Å². The second-order valence-corrected chi connectivity index (χ2v) is 19.6. The summed E-state index contributed by atoms with van der Waals surface area (Å²) in [4.78, 5) is 40.3. The van der Waals surface area contributed by atoms with Crippen molar-refractivity contribution in [3.63, 3.8) is 0 Å². The van der Waals surface area contributed by atoms with Crippen LogP contribution < -0.4 is 24.6 Å². The second-order valence-electron chi connectivity index (χ2n) is 17.9. The maximum atomic E-state index is 14.3. The Kier molecular flexibility index (Phi) is 11.2. The number of sulfonamides is 1. The van der Waals surface area contributed by atoms with Crippen molar-refractivity contribution >= 4 is 55.4 Å². The molecule has 3 N–H and O–H groups in total. The van der Waals surface area contributed by atoms with E-state index in [0.29, 0.717) is 61.3 Å². The summed E-state index contributed by atoms with van der Waals surface area (Å²) in [6.07, 6.45) is 16.1. The number of carbonyl (C=O) groups excluding carboxylic acids is 1. The molecule has 5 aliphatic rings. The number of nitro benzene ring substituents is 1. The zero-order valence-electron chi connectivity index (χ0n) is 35.6. The lowest BCUT2D eigenvalue weighted by Gasteiger charge is -2.56. The Balaban J connectivity index is 0.889. The van der Waals surface area contributed by atoms with Gasteiger partial charge in [-0.05, 0) is 123 Å². The van der Waals surface area contributed by atoms with Crippen molar-refractivity contribution in [2.45, 2.75) is 68.3 Å². The van der Waals surface area contributed by atoms with Crippen LogP contribution >= 0.6 is 0 Å². The van der Waals surface area contributed by atoms with Crippen molar-refractivity contribution in [1.82, 2.24) is 19.6 Å². The number of anilines is 4. The maximum Gasteiger partial charge on any atom is 0.293 e. The number of nitro groups is 1. The number of terminal acetylenes is 1. The third-order valence-corrected chi connectivity index (χ3v) is 15.6. The summed E-state index contributed by atoms with van der Waals surface area (Å²) < 4.78 is 41.4. The molecule has 1 spiro atoms. The number of fused-ring (bicyclic) bond motifs is 2. The topological polar surface area (TPSA) is 175 Å². The molecule has 16 heteroatoms. The lowest BCUT2D eigenvalue weighted by Crippen LogP contribution is -2.54. The number of aromatic amines is 1. The van der Waals surface area contributed by atoms with Crippen molar-refractivity contribution < 1.29 is 27.6 Å². The quantitative estimate of drug-likeness (QED) is 0.0677. The monoisotopic (exact) mass is 884 g/mol. The number of amides is 1. The first-order valence-electron chi connectivity index (χ1n) is 22.3. The van der Waals surface area contributed by atoms with Crippen LogP contribution in [0, 0.1) is 33.8 Å². The van der Waals surface area contributed by atoms with Crippen LogP contribution in [0.15, 0.2) is 83.9 Å². The molecule has 6 heterocycles. The summed E-state index contributed by atoms with van der Waals surface area (Å²) in [6, 6.07) is 22.3. The van der Waals surface area contributed by atoms with Gasteiger partial charge in [0.25, 0.3) is 21.6 Å². The third-order valence-electron chi connectivity index (χ3n) is 14.2. The molecular weight excluding hydrogens is 833 g/mol. The molecule has 10 rings (SSSR count). The molecule has 332 valence electrons. The number of benzene rings is 3. The fourth-order valence-electron chi connectivity index (χ4n) is 10.7. The van der Waals surface area contributed by atoms with E-state index in [4.69, 9.17) is 20.9 Å². The SMILES string of the molecule is C#Cc1ccccc1[C@@H]1CCCN1C1CC2(CCN(c3ccc(C(=O)NS(=O)(=O)c4ccc(NCC5CCOCC5)c([N+](=O)[O-])c4)c(N4CCOc5nc6[nH]ccc6cc54)c3)CC2)C1. The van der Waals surface area contributed by atoms with Gasteiger partial charge in [0.2, 0.25) is 5.88 Å². The number of nitrogens with one attached hydrogen (secondary N) is 3. The summed E-state index contributed by atoms with van der Waals surface area (Å²) in [6.45, 7) is 5.20. The van der Waals surface area contributed by atoms with Gasteiger partial charge in [-0.1, -0.05) is 24.1 Å². The fraction of sp³-hybridized carbons (Fsp3) is 0.417. The molecule has 1 aliphatic carbocycles. The first kappa shape index (κ1) is 41.8. The van der Waals surface area contributed by atoms with E-state index in [0.717, 1.165) is 87.3 Å². The van der Waals surface area contributed by atoms with Crippen molar-refractivity contribution in [1.29, 1.82) is 0 Å². The second kappa shape index (κ2) is 17.1. The molecule has 4 aliphatic heterocycles. The van der Waals surface area contributed by atoms with Crippen LogP contribution in [0.3, 0.4) is 0 Å². The molecule has 5 aromatic rings. The minimum Gasteiger partial charge on any atom is -0.474 e. The number of carbonyl (C=O) groups is 1. The highest BCUT2D eigenvalue weighted by Gasteiger charge is 2.50. The Hall–Kier alpha value is -6.15. The Morgan fingerprint density at radius 3 is 2.58 bits per heavy atom. The summed E-state index contributed by atoms with van der Waals surface area (Å²) in [7, 11) is -4.55. The molecule has 0 radical (unpaired) electrons. The van der Waals surface area contributed by atoms with Crippen molar-refractivity contribution in [2.24, 2.45) is 11.3 Å². The van der Waals surface area contributed by atoms with Gasteiger partial charge in [-0.3, -0.25) is 19.8 Å². The molecule has 4 fully saturated rings. The number of piperidine rings is 1. The summed E-state index contributed by atoms with van der Waals surface area (Å²) in [5.41, 5.74) is 5.22. The molecule has 2 aromatic heterocycles. The van der Waals surface area contributed by atoms with E-state index < -0.39 is 31.4 Å². The number of pyridine rings is 1. The first-order chi connectivity index (χ1) is 31.1. The number of rotatable bonds is 11. The Bertz CT molecular complexity index is 2750. The van der Waals surface area contributed by atoms with Gasteiger partial charge in [-0.2, -0.15) is 4.98 Å². The summed E-state index contributed by atoms with van der Waals surface area (Å²) in [5.74, 6) is 2.71. The predicted molar refractivity (Wildman–Crippen MR) is 245 cm³/mol. The molecule has 3 aromatic carbocycles. The third kappa shape index (κ3) is 8.01. The maximum absolute atomic E-state index is 14.3. The van der Waals surface area contributed by atoms with Crippen LogP contribution in [0.25, 0.3) is 11.0 Å². The average Bonchev–Trinajstić information content (AvgIpc) is 3.99. The number of hydrogen-bond donors (Lipinski definition) is 3. The molecule has 3 saturated heterocycles. The lowest BCUT2D eigenvalue weighted by atomic mass is 9.59. The standard InChI is InChI=1S/C48H52N8O7S/c1-2-33-6-3-4-7-38(33)41-8-5-19-54(41)36-29-48(30-36)16-20-53(21-17-48)35-9-11-39(42(27-35)55-22-25-63-47-44(55)26-34-13-18-49-45(34)51-47)46(57)52-64(60,61)37-10-12-40(43(28-37)56(58)59)50-31-32-14-23-62-24-15-32/h1,3-4,6-7,9-13,18,26-28,32,36,41,50H,5,8,14-17,19-25,29-31H2,(H,49,51)(H,52,57)/t41-/m0/s1.